The maximum atomic E-state index is 8.94. The summed E-state index contributed by atoms with van der Waals surface area (Å²) in [6, 6.07) is 16.1. The first-order valence-electron chi connectivity index (χ1n) is 6.96. The summed E-state index contributed by atoms with van der Waals surface area (Å²) < 4.78 is 0. The summed E-state index contributed by atoms with van der Waals surface area (Å²) in [5, 5.41) is 16.1. The Morgan fingerprint density at radius 3 is 2.54 bits per heavy atom. The van der Waals surface area contributed by atoms with Gasteiger partial charge in [0.2, 0.25) is 5.95 Å². The normalized spacial score (nSPS) is 10.0. The second-order valence-corrected chi connectivity index (χ2v) is 5.65. The lowest BCUT2D eigenvalue weighted by atomic mass is 10.2. The van der Waals surface area contributed by atoms with Gasteiger partial charge >= 0.3 is 0 Å². The van der Waals surface area contributed by atoms with E-state index in [-0.39, 0.29) is 0 Å². The highest BCUT2D eigenvalue weighted by Gasteiger charge is 2.04. The number of nitrogens with zero attached hydrogens (tertiary/aromatic N) is 3. The van der Waals surface area contributed by atoms with Crippen LogP contribution in [-0.4, -0.2) is 9.97 Å². The van der Waals surface area contributed by atoms with Crippen LogP contribution < -0.4 is 10.6 Å². The molecule has 0 aliphatic carbocycles. The van der Waals surface area contributed by atoms with Crippen LogP contribution in [0.2, 0.25) is 10.0 Å². The molecule has 2 N–H and O–H groups in total. The van der Waals surface area contributed by atoms with Crippen molar-refractivity contribution in [2.24, 2.45) is 0 Å². The van der Waals surface area contributed by atoms with Crippen LogP contribution in [0.1, 0.15) is 5.56 Å². The highest BCUT2D eigenvalue weighted by Crippen LogP contribution is 2.26. The Kier molecular flexibility index (Phi) is 4.80. The van der Waals surface area contributed by atoms with Crippen molar-refractivity contribution in [2.45, 2.75) is 0 Å². The lowest BCUT2D eigenvalue weighted by Crippen LogP contribution is -2.00. The van der Waals surface area contributed by atoms with E-state index in [0.717, 1.165) is 11.4 Å². The van der Waals surface area contributed by atoms with E-state index in [1.54, 1.807) is 48.7 Å². The van der Waals surface area contributed by atoms with Gasteiger partial charge in [0.05, 0.1) is 21.7 Å². The molecule has 0 spiro atoms. The minimum atomic E-state index is 0.412. The number of hydrogen-bond acceptors (Lipinski definition) is 5. The number of rotatable bonds is 4. The Bertz CT molecular complexity index is 921. The van der Waals surface area contributed by atoms with Gasteiger partial charge in [-0.15, -0.1) is 0 Å². The molecule has 2 aromatic carbocycles. The number of halogens is 2. The second-order valence-electron chi connectivity index (χ2n) is 4.84. The molecule has 118 valence electrons. The van der Waals surface area contributed by atoms with Gasteiger partial charge < -0.3 is 10.6 Å². The molecule has 0 fully saturated rings. The van der Waals surface area contributed by atoms with Crippen LogP contribution in [0.4, 0.5) is 23.1 Å². The van der Waals surface area contributed by atoms with E-state index >= 15 is 0 Å². The van der Waals surface area contributed by atoms with Crippen molar-refractivity contribution in [3.8, 4) is 6.07 Å². The molecule has 0 aliphatic heterocycles. The second kappa shape index (κ2) is 7.18. The first kappa shape index (κ1) is 16.1. The van der Waals surface area contributed by atoms with Gasteiger partial charge in [0.1, 0.15) is 5.82 Å². The first-order valence-corrected chi connectivity index (χ1v) is 7.72. The maximum absolute atomic E-state index is 8.94. The molecular formula is C17H11Cl2N5. The maximum Gasteiger partial charge on any atom is 0.229 e. The Balaban J connectivity index is 1.78. The molecule has 1 heterocycles. The van der Waals surface area contributed by atoms with Crippen LogP contribution >= 0.6 is 23.2 Å². The fraction of sp³-hybridized carbons (Fsp3) is 0. The van der Waals surface area contributed by atoms with Crippen LogP contribution in [0.5, 0.6) is 0 Å². The monoisotopic (exact) mass is 355 g/mol. The van der Waals surface area contributed by atoms with Gasteiger partial charge in [-0.25, -0.2) is 4.98 Å². The summed E-state index contributed by atoms with van der Waals surface area (Å²) in [5.41, 5.74) is 2.06. The quantitative estimate of drug-likeness (QED) is 0.677. The highest BCUT2D eigenvalue weighted by molar-refractivity contribution is 6.42. The molecule has 7 heteroatoms. The molecule has 1 aromatic heterocycles. The zero-order valence-corrected chi connectivity index (χ0v) is 13.8. The van der Waals surface area contributed by atoms with Gasteiger partial charge in [-0.05, 0) is 42.5 Å². The molecule has 5 nitrogen and oxygen atoms in total. The van der Waals surface area contributed by atoms with Gasteiger partial charge in [0, 0.05) is 17.6 Å². The molecule has 0 saturated carbocycles. The summed E-state index contributed by atoms with van der Waals surface area (Å²) in [5.74, 6) is 1.01. The van der Waals surface area contributed by atoms with Crippen molar-refractivity contribution < 1.29 is 0 Å². The molecule has 3 rings (SSSR count). The average molecular weight is 356 g/mol. The van der Waals surface area contributed by atoms with Crippen LogP contribution in [0.3, 0.4) is 0 Å². The Morgan fingerprint density at radius 1 is 0.917 bits per heavy atom. The van der Waals surface area contributed by atoms with Crippen molar-refractivity contribution in [1.82, 2.24) is 9.97 Å². The Labute approximate surface area is 148 Å². The molecular weight excluding hydrogens is 345 g/mol. The molecule has 0 unspecified atom stereocenters. The van der Waals surface area contributed by atoms with Crippen molar-refractivity contribution in [1.29, 1.82) is 5.26 Å². The highest BCUT2D eigenvalue weighted by atomic mass is 35.5. The summed E-state index contributed by atoms with van der Waals surface area (Å²) in [6.45, 7) is 0. The zero-order valence-electron chi connectivity index (χ0n) is 12.3. The SMILES string of the molecule is N#Cc1cccc(Nc2nccc(Nc3ccc(Cl)c(Cl)c3)n2)c1. The molecule has 0 radical (unpaired) electrons. The minimum Gasteiger partial charge on any atom is -0.340 e. The van der Waals surface area contributed by atoms with E-state index in [9.17, 15) is 0 Å². The summed E-state index contributed by atoms with van der Waals surface area (Å²) in [4.78, 5) is 8.55. The topological polar surface area (TPSA) is 73.6 Å². The van der Waals surface area contributed by atoms with E-state index in [1.165, 1.54) is 0 Å². The van der Waals surface area contributed by atoms with E-state index in [1.807, 2.05) is 6.07 Å². The van der Waals surface area contributed by atoms with Gasteiger partial charge in [0.15, 0.2) is 0 Å². The number of nitrogens with one attached hydrogen (secondary N) is 2. The lowest BCUT2D eigenvalue weighted by Gasteiger charge is -2.09. The fourth-order valence-electron chi connectivity index (χ4n) is 2.01. The zero-order chi connectivity index (χ0) is 16.9. The van der Waals surface area contributed by atoms with Gasteiger partial charge in [0.25, 0.3) is 0 Å². The number of hydrogen-bond donors (Lipinski definition) is 2. The molecule has 0 amide bonds. The average Bonchev–Trinajstić information content (AvgIpc) is 2.59. The number of benzene rings is 2. The van der Waals surface area contributed by atoms with Crippen molar-refractivity contribution in [2.75, 3.05) is 10.6 Å². The van der Waals surface area contributed by atoms with Gasteiger partial charge in [-0.3, -0.25) is 0 Å². The molecule has 0 saturated heterocycles. The summed E-state index contributed by atoms with van der Waals surface area (Å²) in [7, 11) is 0. The fourth-order valence-corrected chi connectivity index (χ4v) is 2.30. The number of nitriles is 1. The van der Waals surface area contributed by atoms with E-state index in [0.29, 0.717) is 27.4 Å². The third kappa shape index (κ3) is 3.93. The van der Waals surface area contributed by atoms with Gasteiger partial charge in [-0.2, -0.15) is 10.2 Å². The summed E-state index contributed by atoms with van der Waals surface area (Å²) >= 11 is 11.9. The lowest BCUT2D eigenvalue weighted by molar-refractivity contribution is 1.16. The molecule has 0 atom stereocenters. The van der Waals surface area contributed by atoms with Crippen molar-refractivity contribution in [3.63, 3.8) is 0 Å². The van der Waals surface area contributed by atoms with Crippen molar-refractivity contribution >= 4 is 46.3 Å². The van der Waals surface area contributed by atoms with Gasteiger partial charge in [-0.1, -0.05) is 29.3 Å². The summed E-state index contributed by atoms with van der Waals surface area (Å²) in [6.07, 6.45) is 1.63. The van der Waals surface area contributed by atoms with E-state index in [2.05, 4.69) is 26.7 Å². The van der Waals surface area contributed by atoms with Crippen LogP contribution in [0.15, 0.2) is 54.7 Å². The number of anilines is 4. The van der Waals surface area contributed by atoms with Crippen molar-refractivity contribution in [3.05, 3.63) is 70.3 Å². The van der Waals surface area contributed by atoms with Crippen LogP contribution in [0.25, 0.3) is 0 Å². The Hall–Kier alpha value is -2.81. The molecule has 3 aromatic rings. The first-order chi connectivity index (χ1) is 11.6. The standard InChI is InChI=1S/C17H11Cl2N5/c18-14-5-4-13(9-15(14)19)22-16-6-7-21-17(24-16)23-12-3-1-2-11(8-12)10-20/h1-9H,(H2,21,22,23,24). The van der Waals surface area contributed by atoms with Crippen LogP contribution in [0, 0.1) is 11.3 Å². The Morgan fingerprint density at radius 2 is 1.75 bits per heavy atom. The molecule has 24 heavy (non-hydrogen) atoms. The third-order valence-electron chi connectivity index (χ3n) is 3.10. The predicted octanol–water partition coefficient (Wildman–Crippen LogP) is 5.14. The smallest absolute Gasteiger partial charge is 0.229 e. The van der Waals surface area contributed by atoms with E-state index in [4.69, 9.17) is 28.5 Å². The minimum absolute atomic E-state index is 0.412. The molecule has 0 aliphatic rings. The predicted molar refractivity (Wildman–Crippen MR) is 96.2 cm³/mol. The van der Waals surface area contributed by atoms with E-state index < -0.39 is 0 Å². The number of aromatic nitrogens is 2. The van der Waals surface area contributed by atoms with Crippen LogP contribution in [-0.2, 0) is 0 Å². The molecule has 0 bridgehead atoms. The largest absolute Gasteiger partial charge is 0.340 e. The third-order valence-corrected chi connectivity index (χ3v) is 3.83.